The molecule has 39 heavy (non-hydrogen) atoms. The number of carbonyl (C=O) groups excluding carboxylic acids is 2. The predicted octanol–water partition coefficient (Wildman–Crippen LogP) is 3.84. The summed E-state index contributed by atoms with van der Waals surface area (Å²) in [6.45, 7) is 3.26. The van der Waals surface area contributed by atoms with Gasteiger partial charge in [0, 0.05) is 39.8 Å². The van der Waals surface area contributed by atoms with Gasteiger partial charge in [-0.1, -0.05) is 79.7 Å². The molecule has 0 aliphatic rings. The summed E-state index contributed by atoms with van der Waals surface area (Å²) >= 11 is 0. The molecule has 1 atom stereocenters. The molecule has 3 aromatic carbocycles. The Kier molecular flexibility index (Phi) is 11.7. The number of methoxy groups -OCH3 is 1. The van der Waals surface area contributed by atoms with Gasteiger partial charge in [0.15, 0.2) is 0 Å². The van der Waals surface area contributed by atoms with Crippen molar-refractivity contribution in [3.05, 3.63) is 102 Å². The SMILES string of the molecule is CCNS(=O)(=O)c1ccc(CCC(=O)N(Cc2ccccc2)[C@@H](C(=O)NCCCOC)c2ccccc2)cc1. The highest BCUT2D eigenvalue weighted by Crippen LogP contribution is 2.25. The molecule has 0 saturated heterocycles. The van der Waals surface area contributed by atoms with Crippen molar-refractivity contribution < 1.29 is 22.7 Å². The third-order valence-electron chi connectivity index (χ3n) is 6.21. The number of nitrogens with zero attached hydrogens (tertiary/aromatic N) is 1. The molecule has 208 valence electrons. The summed E-state index contributed by atoms with van der Waals surface area (Å²) in [6, 6.07) is 24.6. The topological polar surface area (TPSA) is 105 Å². The maximum Gasteiger partial charge on any atom is 0.247 e. The Morgan fingerprint density at radius 2 is 1.54 bits per heavy atom. The van der Waals surface area contributed by atoms with Gasteiger partial charge in [0.25, 0.3) is 0 Å². The standard InChI is InChI=1S/C30H37N3O5S/c1-3-32-39(36,37)27-18-15-24(16-19-27)17-20-28(34)33(23-25-11-6-4-7-12-25)29(26-13-8-5-9-14-26)30(35)31-21-10-22-38-2/h4-9,11-16,18-19,29,32H,3,10,17,20-23H2,1-2H3,(H,31,35)/t29-/m1/s1. The Morgan fingerprint density at radius 1 is 0.897 bits per heavy atom. The highest BCUT2D eigenvalue weighted by molar-refractivity contribution is 7.89. The molecule has 3 rings (SSSR count). The summed E-state index contributed by atoms with van der Waals surface area (Å²) in [7, 11) is -1.93. The third-order valence-corrected chi connectivity index (χ3v) is 7.77. The largest absolute Gasteiger partial charge is 0.385 e. The molecule has 9 heteroatoms. The van der Waals surface area contributed by atoms with Gasteiger partial charge in [0.2, 0.25) is 21.8 Å². The maximum absolute atomic E-state index is 13.7. The van der Waals surface area contributed by atoms with Crippen LogP contribution in [0.15, 0.2) is 89.8 Å². The lowest BCUT2D eigenvalue weighted by Crippen LogP contribution is -2.43. The Labute approximate surface area is 231 Å². The molecule has 2 N–H and O–H groups in total. The average molecular weight is 552 g/mol. The number of sulfonamides is 1. The van der Waals surface area contributed by atoms with Crippen molar-refractivity contribution in [2.75, 3.05) is 26.8 Å². The summed E-state index contributed by atoms with van der Waals surface area (Å²) in [6.07, 6.45) is 1.23. The summed E-state index contributed by atoms with van der Waals surface area (Å²) in [5, 5.41) is 2.97. The van der Waals surface area contributed by atoms with Crippen LogP contribution in [0.2, 0.25) is 0 Å². The number of carbonyl (C=O) groups is 2. The second kappa shape index (κ2) is 15.2. The van der Waals surface area contributed by atoms with Crippen molar-refractivity contribution >= 4 is 21.8 Å². The van der Waals surface area contributed by atoms with Crippen LogP contribution in [0.5, 0.6) is 0 Å². The minimum atomic E-state index is -3.55. The van der Waals surface area contributed by atoms with Gasteiger partial charge in [-0.15, -0.1) is 0 Å². The molecule has 0 aliphatic heterocycles. The number of amides is 2. The Morgan fingerprint density at radius 3 is 2.15 bits per heavy atom. The zero-order valence-corrected chi connectivity index (χ0v) is 23.3. The molecule has 0 unspecified atom stereocenters. The summed E-state index contributed by atoms with van der Waals surface area (Å²) in [5.74, 6) is -0.427. The molecule has 0 fully saturated rings. The van der Waals surface area contributed by atoms with Gasteiger partial charge >= 0.3 is 0 Å². The van der Waals surface area contributed by atoms with Crippen molar-refractivity contribution in [3.63, 3.8) is 0 Å². The van der Waals surface area contributed by atoms with Crippen LogP contribution in [0.4, 0.5) is 0 Å². The molecule has 0 aromatic heterocycles. The number of benzene rings is 3. The number of hydrogen-bond acceptors (Lipinski definition) is 5. The van der Waals surface area contributed by atoms with Gasteiger partial charge in [0.05, 0.1) is 4.90 Å². The van der Waals surface area contributed by atoms with Crippen LogP contribution in [0, 0.1) is 0 Å². The lowest BCUT2D eigenvalue weighted by molar-refractivity contribution is -0.141. The third kappa shape index (κ3) is 9.02. The fourth-order valence-electron chi connectivity index (χ4n) is 4.24. The molecule has 3 aromatic rings. The maximum atomic E-state index is 13.7. The first-order valence-corrected chi connectivity index (χ1v) is 14.6. The molecule has 0 bridgehead atoms. The summed E-state index contributed by atoms with van der Waals surface area (Å²) in [4.78, 5) is 29.0. The van der Waals surface area contributed by atoms with Gasteiger partial charge in [-0.05, 0) is 41.7 Å². The van der Waals surface area contributed by atoms with Crippen molar-refractivity contribution in [1.29, 1.82) is 0 Å². The van der Waals surface area contributed by atoms with E-state index in [4.69, 9.17) is 4.74 Å². The molecule has 0 spiro atoms. The van der Waals surface area contributed by atoms with E-state index in [0.717, 1.165) is 16.7 Å². The van der Waals surface area contributed by atoms with Gasteiger partial charge < -0.3 is 15.0 Å². The Hall–Kier alpha value is -3.53. The number of rotatable bonds is 15. The van der Waals surface area contributed by atoms with Gasteiger partial charge in [-0.3, -0.25) is 9.59 Å². The minimum absolute atomic E-state index is 0.159. The average Bonchev–Trinajstić information content (AvgIpc) is 2.95. The van der Waals surface area contributed by atoms with Crippen LogP contribution in [0.3, 0.4) is 0 Å². The number of hydrogen-bond donors (Lipinski definition) is 2. The number of nitrogens with one attached hydrogen (secondary N) is 2. The van der Waals surface area contributed by atoms with E-state index >= 15 is 0 Å². The zero-order chi connectivity index (χ0) is 28.1. The Bertz CT molecular complexity index is 1280. The molecule has 0 radical (unpaired) electrons. The van der Waals surface area contributed by atoms with E-state index < -0.39 is 16.1 Å². The van der Waals surface area contributed by atoms with E-state index in [1.807, 2.05) is 60.7 Å². The highest BCUT2D eigenvalue weighted by Gasteiger charge is 2.31. The van der Waals surface area contributed by atoms with E-state index in [1.165, 1.54) is 0 Å². The molecule has 0 aliphatic carbocycles. The fourth-order valence-corrected chi connectivity index (χ4v) is 5.28. The number of ether oxygens (including phenoxy) is 1. The normalized spacial score (nSPS) is 12.1. The van der Waals surface area contributed by atoms with Crippen LogP contribution in [-0.4, -0.2) is 51.9 Å². The quantitative estimate of drug-likeness (QED) is 0.279. The summed E-state index contributed by atoms with van der Waals surface area (Å²) in [5.41, 5.74) is 2.47. The molecule has 8 nitrogen and oxygen atoms in total. The minimum Gasteiger partial charge on any atom is -0.385 e. The van der Waals surface area contributed by atoms with Crippen LogP contribution in [0.1, 0.15) is 42.5 Å². The molecular formula is C30H37N3O5S. The van der Waals surface area contributed by atoms with E-state index in [0.29, 0.717) is 32.5 Å². The summed E-state index contributed by atoms with van der Waals surface area (Å²) < 4.78 is 32.0. The van der Waals surface area contributed by atoms with E-state index in [2.05, 4.69) is 10.0 Å². The first kappa shape index (κ1) is 30.0. The second-order valence-corrected chi connectivity index (χ2v) is 10.9. The first-order chi connectivity index (χ1) is 18.9. The molecule has 0 heterocycles. The molecular weight excluding hydrogens is 514 g/mol. The van der Waals surface area contributed by atoms with Crippen LogP contribution in [-0.2, 0) is 37.3 Å². The molecule has 0 saturated carbocycles. The zero-order valence-electron chi connectivity index (χ0n) is 22.5. The predicted molar refractivity (Wildman–Crippen MR) is 151 cm³/mol. The van der Waals surface area contributed by atoms with E-state index in [9.17, 15) is 18.0 Å². The van der Waals surface area contributed by atoms with Crippen molar-refractivity contribution in [2.24, 2.45) is 0 Å². The van der Waals surface area contributed by atoms with Gasteiger partial charge in [0.1, 0.15) is 6.04 Å². The van der Waals surface area contributed by atoms with Crippen molar-refractivity contribution in [3.8, 4) is 0 Å². The lowest BCUT2D eigenvalue weighted by Gasteiger charge is -2.32. The van der Waals surface area contributed by atoms with Crippen LogP contribution in [0.25, 0.3) is 0 Å². The Balaban J connectivity index is 1.84. The van der Waals surface area contributed by atoms with Crippen LogP contribution < -0.4 is 10.0 Å². The lowest BCUT2D eigenvalue weighted by atomic mass is 10.0. The van der Waals surface area contributed by atoms with Crippen molar-refractivity contribution in [2.45, 2.75) is 43.7 Å². The smallest absolute Gasteiger partial charge is 0.247 e. The second-order valence-electron chi connectivity index (χ2n) is 9.10. The first-order valence-electron chi connectivity index (χ1n) is 13.1. The van der Waals surface area contributed by atoms with Crippen molar-refractivity contribution in [1.82, 2.24) is 14.9 Å². The van der Waals surface area contributed by atoms with Gasteiger partial charge in [-0.2, -0.15) is 0 Å². The van der Waals surface area contributed by atoms with Gasteiger partial charge in [-0.25, -0.2) is 13.1 Å². The molecule has 2 amide bonds. The number of aryl methyl sites for hydroxylation is 1. The van der Waals surface area contributed by atoms with Crippen LogP contribution >= 0.6 is 0 Å². The fraction of sp³-hybridized carbons (Fsp3) is 0.333. The highest BCUT2D eigenvalue weighted by atomic mass is 32.2. The monoisotopic (exact) mass is 551 g/mol. The van der Waals surface area contributed by atoms with E-state index in [-0.39, 0.29) is 29.7 Å². The van der Waals surface area contributed by atoms with E-state index in [1.54, 1.807) is 43.2 Å².